The van der Waals surface area contributed by atoms with E-state index in [1.54, 1.807) is 24.3 Å². The van der Waals surface area contributed by atoms with Crippen LogP contribution in [-0.4, -0.2) is 24.0 Å². The van der Waals surface area contributed by atoms with Crippen molar-refractivity contribution < 1.29 is 9.53 Å². The molecule has 0 aliphatic heterocycles. The van der Waals surface area contributed by atoms with Crippen molar-refractivity contribution in [1.29, 1.82) is 0 Å². The molecule has 140 valence electrons. The highest BCUT2D eigenvalue weighted by molar-refractivity contribution is 6.30. The fourth-order valence-corrected chi connectivity index (χ4v) is 3.10. The van der Waals surface area contributed by atoms with Crippen LogP contribution in [0.2, 0.25) is 5.02 Å². The van der Waals surface area contributed by atoms with E-state index in [1.807, 2.05) is 26.0 Å². The Hall–Kier alpha value is -2.79. The second kappa shape index (κ2) is 8.27. The Morgan fingerprint density at radius 3 is 2.63 bits per heavy atom. The molecule has 3 rings (SSSR count). The van der Waals surface area contributed by atoms with Crippen molar-refractivity contribution in [3.05, 3.63) is 74.5 Å². The predicted octanol–water partition coefficient (Wildman–Crippen LogP) is 3.54. The van der Waals surface area contributed by atoms with E-state index in [-0.39, 0.29) is 18.1 Å². The molecule has 1 heterocycles. The fraction of sp³-hybridized carbons (Fsp3) is 0.238. The van der Waals surface area contributed by atoms with Gasteiger partial charge < -0.3 is 15.0 Å². The summed E-state index contributed by atoms with van der Waals surface area (Å²) in [7, 11) is 0. The molecule has 0 radical (unpaired) electrons. The van der Waals surface area contributed by atoms with Crippen molar-refractivity contribution in [2.75, 3.05) is 13.2 Å². The first-order valence-corrected chi connectivity index (χ1v) is 9.08. The normalized spacial score (nSPS) is 10.8. The number of halogens is 1. The van der Waals surface area contributed by atoms with Crippen molar-refractivity contribution in [2.24, 2.45) is 0 Å². The molecule has 0 aliphatic carbocycles. The number of rotatable bonds is 6. The number of hydrogen-bond donors (Lipinski definition) is 2. The van der Waals surface area contributed by atoms with Crippen LogP contribution in [0, 0.1) is 13.8 Å². The van der Waals surface area contributed by atoms with Gasteiger partial charge in [0.05, 0.1) is 0 Å². The molecule has 1 aromatic heterocycles. The van der Waals surface area contributed by atoms with Crippen LogP contribution in [0.1, 0.15) is 16.7 Å². The molecule has 27 heavy (non-hydrogen) atoms. The third-order valence-corrected chi connectivity index (χ3v) is 4.54. The smallest absolute Gasteiger partial charge is 0.257 e. The first-order valence-electron chi connectivity index (χ1n) is 8.70. The number of hydrogen-bond acceptors (Lipinski definition) is 3. The molecule has 0 saturated heterocycles. The monoisotopic (exact) mass is 384 g/mol. The number of ether oxygens (including phenoxy) is 1. The van der Waals surface area contributed by atoms with Gasteiger partial charge in [-0.3, -0.25) is 9.59 Å². The SMILES string of the molecule is Cc1cc(C)c2cc(CCNC(=O)COc3ccc(Cl)cc3)c(=O)[nH]c2c1. The van der Waals surface area contributed by atoms with Crippen molar-refractivity contribution in [2.45, 2.75) is 20.3 Å². The largest absolute Gasteiger partial charge is 0.484 e. The molecule has 2 N–H and O–H groups in total. The van der Waals surface area contributed by atoms with E-state index in [1.165, 1.54) is 0 Å². The number of carbonyl (C=O) groups is 1. The Balaban J connectivity index is 1.56. The van der Waals surface area contributed by atoms with Crippen LogP contribution in [0.25, 0.3) is 10.9 Å². The molecule has 0 spiro atoms. The summed E-state index contributed by atoms with van der Waals surface area (Å²) in [6.45, 7) is 4.30. The van der Waals surface area contributed by atoms with Crippen molar-refractivity contribution in [3.8, 4) is 5.75 Å². The summed E-state index contributed by atoms with van der Waals surface area (Å²) < 4.78 is 5.40. The van der Waals surface area contributed by atoms with Crippen LogP contribution in [0.3, 0.4) is 0 Å². The number of aromatic amines is 1. The number of fused-ring (bicyclic) bond motifs is 1. The minimum absolute atomic E-state index is 0.0892. The zero-order valence-electron chi connectivity index (χ0n) is 15.3. The van der Waals surface area contributed by atoms with E-state index in [2.05, 4.69) is 16.4 Å². The average molecular weight is 385 g/mol. The van der Waals surface area contributed by atoms with E-state index in [0.717, 1.165) is 22.0 Å². The van der Waals surface area contributed by atoms with Gasteiger partial charge in [0.25, 0.3) is 11.5 Å². The van der Waals surface area contributed by atoms with Crippen LogP contribution < -0.4 is 15.6 Å². The van der Waals surface area contributed by atoms with E-state index in [4.69, 9.17) is 16.3 Å². The number of H-pyrrole nitrogens is 1. The molecular weight excluding hydrogens is 364 g/mol. The molecule has 2 aromatic carbocycles. The van der Waals surface area contributed by atoms with Gasteiger partial charge in [-0.05, 0) is 67.8 Å². The number of aromatic nitrogens is 1. The Morgan fingerprint density at radius 2 is 1.89 bits per heavy atom. The molecule has 0 aliphatic rings. The summed E-state index contributed by atoms with van der Waals surface area (Å²) >= 11 is 5.80. The number of nitrogens with one attached hydrogen (secondary N) is 2. The minimum atomic E-state index is -0.242. The third-order valence-electron chi connectivity index (χ3n) is 4.29. The Labute approximate surface area is 162 Å². The van der Waals surface area contributed by atoms with Crippen LogP contribution in [-0.2, 0) is 11.2 Å². The van der Waals surface area contributed by atoms with Gasteiger partial charge in [0, 0.05) is 28.0 Å². The van der Waals surface area contributed by atoms with Crippen molar-refractivity contribution >= 4 is 28.4 Å². The van der Waals surface area contributed by atoms with Crippen LogP contribution >= 0.6 is 11.6 Å². The second-order valence-electron chi connectivity index (χ2n) is 6.51. The number of amides is 1. The lowest BCUT2D eigenvalue weighted by Gasteiger charge is -2.09. The predicted molar refractivity (Wildman–Crippen MR) is 108 cm³/mol. The molecule has 0 bridgehead atoms. The lowest BCUT2D eigenvalue weighted by Crippen LogP contribution is -2.31. The number of pyridine rings is 1. The van der Waals surface area contributed by atoms with Gasteiger partial charge in [-0.15, -0.1) is 0 Å². The van der Waals surface area contributed by atoms with E-state index >= 15 is 0 Å². The summed E-state index contributed by atoms with van der Waals surface area (Å²) in [5, 5.41) is 4.40. The maximum Gasteiger partial charge on any atom is 0.257 e. The Morgan fingerprint density at radius 1 is 1.15 bits per heavy atom. The molecule has 0 unspecified atom stereocenters. The van der Waals surface area contributed by atoms with Crippen LogP contribution in [0.4, 0.5) is 0 Å². The molecule has 6 heteroatoms. The van der Waals surface area contributed by atoms with Gasteiger partial charge in [0.2, 0.25) is 0 Å². The summed E-state index contributed by atoms with van der Waals surface area (Å²) in [4.78, 5) is 27.1. The zero-order valence-corrected chi connectivity index (χ0v) is 16.0. The van der Waals surface area contributed by atoms with Gasteiger partial charge in [-0.1, -0.05) is 17.7 Å². The molecule has 0 atom stereocenters. The lowest BCUT2D eigenvalue weighted by molar-refractivity contribution is -0.123. The van der Waals surface area contributed by atoms with E-state index < -0.39 is 0 Å². The Bertz CT molecular complexity index is 1030. The van der Waals surface area contributed by atoms with Crippen LogP contribution in [0.5, 0.6) is 5.75 Å². The van der Waals surface area contributed by atoms with E-state index in [9.17, 15) is 9.59 Å². The molecular formula is C21H21ClN2O3. The molecule has 0 saturated carbocycles. The molecule has 3 aromatic rings. The highest BCUT2D eigenvalue weighted by Gasteiger charge is 2.07. The van der Waals surface area contributed by atoms with Crippen molar-refractivity contribution in [3.63, 3.8) is 0 Å². The highest BCUT2D eigenvalue weighted by atomic mass is 35.5. The topological polar surface area (TPSA) is 71.2 Å². The van der Waals surface area contributed by atoms with E-state index in [0.29, 0.717) is 29.3 Å². The van der Waals surface area contributed by atoms with Crippen molar-refractivity contribution in [1.82, 2.24) is 10.3 Å². The fourth-order valence-electron chi connectivity index (χ4n) is 2.97. The third kappa shape index (κ3) is 4.89. The summed E-state index contributed by atoms with van der Waals surface area (Å²) in [6.07, 6.45) is 0.450. The summed E-state index contributed by atoms with van der Waals surface area (Å²) in [5.74, 6) is 0.334. The van der Waals surface area contributed by atoms with Crippen LogP contribution in [0.15, 0.2) is 47.3 Å². The molecule has 1 amide bonds. The maximum atomic E-state index is 12.3. The summed E-state index contributed by atoms with van der Waals surface area (Å²) in [5.41, 5.74) is 3.58. The lowest BCUT2D eigenvalue weighted by atomic mass is 10.0. The standard InChI is InChI=1S/C21H21ClN2O3/c1-13-9-14(2)18-11-15(21(26)24-19(18)10-13)7-8-23-20(25)12-27-17-5-3-16(22)4-6-17/h3-6,9-11H,7-8,12H2,1-2H3,(H,23,25)(H,24,26). The quantitative estimate of drug-likeness (QED) is 0.682. The van der Waals surface area contributed by atoms with Gasteiger partial charge in [-0.25, -0.2) is 0 Å². The number of benzene rings is 2. The number of aryl methyl sites for hydroxylation is 2. The average Bonchev–Trinajstić information content (AvgIpc) is 2.62. The molecule has 0 fully saturated rings. The first kappa shape index (κ1) is 19.0. The Kier molecular flexibility index (Phi) is 5.81. The first-order chi connectivity index (χ1) is 12.9. The molecule has 5 nitrogen and oxygen atoms in total. The number of carbonyl (C=O) groups excluding carboxylic acids is 1. The highest BCUT2D eigenvalue weighted by Crippen LogP contribution is 2.18. The van der Waals surface area contributed by atoms with Gasteiger partial charge >= 0.3 is 0 Å². The van der Waals surface area contributed by atoms with Gasteiger partial charge in [0.15, 0.2) is 6.61 Å². The van der Waals surface area contributed by atoms with Gasteiger partial charge in [0.1, 0.15) is 5.75 Å². The minimum Gasteiger partial charge on any atom is -0.484 e. The summed E-state index contributed by atoms with van der Waals surface area (Å²) in [6, 6.07) is 12.8. The second-order valence-corrected chi connectivity index (χ2v) is 6.95. The van der Waals surface area contributed by atoms with Gasteiger partial charge in [-0.2, -0.15) is 0 Å². The maximum absolute atomic E-state index is 12.3. The zero-order chi connectivity index (χ0) is 19.4.